The minimum Gasteiger partial charge on any atom is -0.508 e. The molecule has 0 aliphatic carbocycles. The summed E-state index contributed by atoms with van der Waals surface area (Å²) in [6.45, 7) is 0. The highest BCUT2D eigenvalue weighted by Gasteiger charge is 1.98. The molecular weight excluding hydrogens is 266 g/mol. The van der Waals surface area contributed by atoms with E-state index in [-0.39, 0.29) is 0 Å². The average Bonchev–Trinajstić information content (AvgIpc) is 2.28. The lowest BCUT2D eigenvalue weighted by atomic mass is 10.3. The molecule has 0 spiro atoms. The molecule has 0 heterocycles. The van der Waals surface area contributed by atoms with E-state index in [0.717, 1.165) is 0 Å². The molecular formula is C12H9Cl3O. The number of phenols is 1. The van der Waals surface area contributed by atoms with Gasteiger partial charge in [0.2, 0.25) is 0 Å². The highest BCUT2D eigenvalue weighted by Crippen LogP contribution is 2.28. The number of phenolic OH excluding ortho intramolecular Hbond substituents is 1. The van der Waals surface area contributed by atoms with E-state index in [1.165, 1.54) is 0 Å². The Morgan fingerprint density at radius 3 is 1.50 bits per heavy atom. The van der Waals surface area contributed by atoms with E-state index in [1.54, 1.807) is 42.5 Å². The second-order valence-electron chi connectivity index (χ2n) is 2.87. The van der Waals surface area contributed by atoms with Gasteiger partial charge in [0.1, 0.15) is 5.75 Å². The minimum atomic E-state index is 0.322. The molecule has 0 bridgehead atoms. The van der Waals surface area contributed by atoms with Gasteiger partial charge in [0, 0.05) is 0 Å². The van der Waals surface area contributed by atoms with Gasteiger partial charge in [0.05, 0.1) is 15.1 Å². The van der Waals surface area contributed by atoms with Gasteiger partial charge in [-0.05, 0) is 24.3 Å². The van der Waals surface area contributed by atoms with Crippen molar-refractivity contribution >= 4 is 34.8 Å². The highest BCUT2D eigenvalue weighted by molar-refractivity contribution is 6.47. The number of rotatable bonds is 0. The van der Waals surface area contributed by atoms with Crippen LogP contribution in [0, 0.1) is 0 Å². The molecule has 0 saturated carbocycles. The largest absolute Gasteiger partial charge is 0.508 e. The van der Waals surface area contributed by atoms with Crippen molar-refractivity contribution in [3.05, 3.63) is 63.6 Å². The zero-order chi connectivity index (χ0) is 12.0. The second kappa shape index (κ2) is 6.64. The molecule has 0 radical (unpaired) electrons. The Hall–Kier alpha value is -0.890. The summed E-state index contributed by atoms with van der Waals surface area (Å²) in [7, 11) is 0. The molecule has 0 saturated heterocycles. The number of hydrogen-bond acceptors (Lipinski definition) is 1. The van der Waals surface area contributed by atoms with Crippen molar-refractivity contribution in [1.82, 2.24) is 0 Å². The van der Waals surface area contributed by atoms with Gasteiger partial charge in [0.25, 0.3) is 0 Å². The van der Waals surface area contributed by atoms with E-state index in [2.05, 4.69) is 0 Å². The van der Waals surface area contributed by atoms with Crippen LogP contribution in [0.3, 0.4) is 0 Å². The first-order valence-electron chi connectivity index (χ1n) is 4.45. The van der Waals surface area contributed by atoms with Crippen LogP contribution in [0.2, 0.25) is 15.1 Å². The third-order valence-electron chi connectivity index (χ3n) is 1.66. The van der Waals surface area contributed by atoms with Crippen LogP contribution in [0.4, 0.5) is 0 Å². The van der Waals surface area contributed by atoms with Crippen LogP contribution < -0.4 is 0 Å². The summed E-state index contributed by atoms with van der Waals surface area (Å²) in [5.41, 5.74) is 0. The van der Waals surface area contributed by atoms with Gasteiger partial charge < -0.3 is 5.11 Å². The number of aromatic hydroxyl groups is 1. The van der Waals surface area contributed by atoms with E-state index >= 15 is 0 Å². The Kier molecular flexibility index (Phi) is 5.47. The SMILES string of the molecule is Clc1cccc(Cl)c1Cl.Oc1ccccc1. The smallest absolute Gasteiger partial charge is 0.115 e. The fourth-order valence-corrected chi connectivity index (χ4v) is 1.43. The van der Waals surface area contributed by atoms with E-state index in [0.29, 0.717) is 20.8 Å². The molecule has 0 aliphatic rings. The maximum atomic E-state index is 8.63. The van der Waals surface area contributed by atoms with E-state index in [9.17, 15) is 0 Å². The van der Waals surface area contributed by atoms with Crippen molar-refractivity contribution < 1.29 is 5.11 Å². The first-order valence-corrected chi connectivity index (χ1v) is 5.58. The molecule has 1 N–H and O–H groups in total. The van der Waals surface area contributed by atoms with Crippen LogP contribution in [0.5, 0.6) is 5.75 Å². The molecule has 2 aromatic carbocycles. The molecule has 2 rings (SSSR count). The van der Waals surface area contributed by atoms with Crippen molar-refractivity contribution in [2.75, 3.05) is 0 Å². The second-order valence-corrected chi connectivity index (χ2v) is 4.06. The van der Waals surface area contributed by atoms with Gasteiger partial charge in [-0.2, -0.15) is 0 Å². The lowest BCUT2D eigenvalue weighted by molar-refractivity contribution is 0.475. The standard InChI is InChI=1S/C6H3Cl3.C6H6O/c7-4-2-1-3-5(8)6(4)9;7-6-4-2-1-3-5-6/h1-3H;1-5,7H. The molecule has 0 aliphatic heterocycles. The first-order chi connectivity index (χ1) is 7.61. The van der Waals surface area contributed by atoms with Crippen molar-refractivity contribution in [1.29, 1.82) is 0 Å². The monoisotopic (exact) mass is 274 g/mol. The molecule has 0 atom stereocenters. The zero-order valence-corrected chi connectivity index (χ0v) is 10.5. The van der Waals surface area contributed by atoms with Crippen molar-refractivity contribution in [3.8, 4) is 5.75 Å². The van der Waals surface area contributed by atoms with Crippen molar-refractivity contribution in [2.24, 2.45) is 0 Å². The summed E-state index contributed by atoms with van der Waals surface area (Å²) in [5.74, 6) is 0.322. The first kappa shape index (κ1) is 13.2. The Labute approximate surface area is 109 Å². The van der Waals surface area contributed by atoms with E-state index in [1.807, 2.05) is 6.07 Å². The highest BCUT2D eigenvalue weighted by atomic mass is 35.5. The lowest BCUT2D eigenvalue weighted by Crippen LogP contribution is -1.67. The minimum absolute atomic E-state index is 0.322. The third-order valence-corrected chi connectivity index (χ3v) is 2.89. The van der Waals surface area contributed by atoms with Gasteiger partial charge in [-0.3, -0.25) is 0 Å². The van der Waals surface area contributed by atoms with Crippen LogP contribution in [0.25, 0.3) is 0 Å². The molecule has 0 amide bonds. The van der Waals surface area contributed by atoms with Crippen LogP contribution >= 0.6 is 34.8 Å². The number of benzene rings is 2. The Balaban J connectivity index is 0.000000165. The van der Waals surface area contributed by atoms with E-state index < -0.39 is 0 Å². The normalized spacial score (nSPS) is 9.19. The van der Waals surface area contributed by atoms with Crippen LogP contribution in [-0.4, -0.2) is 5.11 Å². The summed E-state index contributed by atoms with van der Waals surface area (Å²) in [6.07, 6.45) is 0. The predicted octanol–water partition coefficient (Wildman–Crippen LogP) is 5.04. The van der Waals surface area contributed by atoms with Crippen molar-refractivity contribution in [2.45, 2.75) is 0 Å². The number of hydrogen-bond donors (Lipinski definition) is 1. The molecule has 4 heteroatoms. The predicted molar refractivity (Wildman–Crippen MR) is 69.6 cm³/mol. The van der Waals surface area contributed by atoms with E-state index in [4.69, 9.17) is 39.9 Å². The molecule has 1 nitrogen and oxygen atoms in total. The summed E-state index contributed by atoms with van der Waals surface area (Å²) in [5, 5.41) is 10.0. The summed E-state index contributed by atoms with van der Waals surface area (Å²) >= 11 is 16.8. The number of halogens is 3. The number of para-hydroxylation sites is 1. The summed E-state index contributed by atoms with van der Waals surface area (Å²) in [4.78, 5) is 0. The molecule has 84 valence electrons. The summed E-state index contributed by atoms with van der Waals surface area (Å²) in [6, 6.07) is 13.8. The topological polar surface area (TPSA) is 20.2 Å². The van der Waals surface area contributed by atoms with Crippen molar-refractivity contribution in [3.63, 3.8) is 0 Å². The third kappa shape index (κ3) is 4.31. The Morgan fingerprint density at radius 1 is 0.688 bits per heavy atom. The lowest BCUT2D eigenvalue weighted by Gasteiger charge is -1.94. The quantitative estimate of drug-likeness (QED) is 0.668. The average molecular weight is 276 g/mol. The maximum Gasteiger partial charge on any atom is 0.115 e. The zero-order valence-electron chi connectivity index (χ0n) is 8.20. The van der Waals surface area contributed by atoms with Gasteiger partial charge in [-0.1, -0.05) is 59.1 Å². The Morgan fingerprint density at radius 2 is 1.19 bits per heavy atom. The fraction of sp³-hybridized carbons (Fsp3) is 0. The van der Waals surface area contributed by atoms with Gasteiger partial charge in [-0.25, -0.2) is 0 Å². The molecule has 0 unspecified atom stereocenters. The fourth-order valence-electron chi connectivity index (χ4n) is 0.905. The van der Waals surface area contributed by atoms with Gasteiger partial charge in [-0.15, -0.1) is 0 Å². The Bertz CT molecular complexity index is 423. The van der Waals surface area contributed by atoms with Crippen LogP contribution in [0.1, 0.15) is 0 Å². The molecule has 2 aromatic rings. The molecule has 0 fully saturated rings. The molecule has 0 aromatic heterocycles. The van der Waals surface area contributed by atoms with Crippen LogP contribution in [-0.2, 0) is 0 Å². The van der Waals surface area contributed by atoms with Gasteiger partial charge >= 0.3 is 0 Å². The van der Waals surface area contributed by atoms with Gasteiger partial charge in [0.15, 0.2) is 0 Å². The molecule has 16 heavy (non-hydrogen) atoms. The maximum absolute atomic E-state index is 8.63. The summed E-state index contributed by atoms with van der Waals surface area (Å²) < 4.78 is 0. The van der Waals surface area contributed by atoms with Crippen LogP contribution in [0.15, 0.2) is 48.5 Å².